The van der Waals surface area contributed by atoms with Crippen LogP contribution in [0.15, 0.2) is 12.4 Å². The van der Waals surface area contributed by atoms with Gasteiger partial charge >= 0.3 is 0 Å². The third kappa shape index (κ3) is 7.22. The zero-order valence-corrected chi connectivity index (χ0v) is 16.6. The Morgan fingerprint density at radius 1 is 1.26 bits per heavy atom. The summed E-state index contributed by atoms with van der Waals surface area (Å²) in [7, 11) is 0. The van der Waals surface area contributed by atoms with E-state index in [2.05, 4.69) is 20.2 Å². The second-order valence-corrected chi connectivity index (χ2v) is 6.92. The van der Waals surface area contributed by atoms with Crippen molar-refractivity contribution in [2.24, 2.45) is 0 Å². The minimum atomic E-state index is -0.188. The molecule has 2 rings (SSSR count). The maximum atomic E-state index is 12.9. The normalized spacial score (nSPS) is 16.0. The van der Waals surface area contributed by atoms with Crippen LogP contribution >= 0.6 is 0 Å². The molecule has 1 fully saturated rings. The van der Waals surface area contributed by atoms with Crippen LogP contribution in [-0.2, 0) is 9.53 Å². The number of rotatable bonds is 9. The van der Waals surface area contributed by atoms with E-state index >= 15 is 0 Å². The van der Waals surface area contributed by atoms with E-state index in [0.29, 0.717) is 32.0 Å². The van der Waals surface area contributed by atoms with E-state index in [1.807, 2.05) is 20.8 Å². The number of ether oxygens (including phenoxy) is 1. The van der Waals surface area contributed by atoms with Gasteiger partial charge in [-0.3, -0.25) is 19.5 Å². The topological polar surface area (TPSA) is 87.7 Å². The Balaban J connectivity index is 1.96. The van der Waals surface area contributed by atoms with E-state index in [9.17, 15) is 9.59 Å². The molecule has 0 spiro atoms. The molecule has 0 saturated carbocycles. The summed E-state index contributed by atoms with van der Waals surface area (Å²) in [6.07, 6.45) is 4.24. The molecule has 1 aliphatic heterocycles. The maximum Gasteiger partial charge on any atom is 0.274 e. The van der Waals surface area contributed by atoms with Crippen LogP contribution in [0, 0.1) is 6.92 Å². The summed E-state index contributed by atoms with van der Waals surface area (Å²) in [5.41, 5.74) is 1.07. The lowest BCUT2D eigenvalue weighted by Crippen LogP contribution is -2.44. The lowest BCUT2D eigenvalue weighted by atomic mass is 10.2. The predicted molar refractivity (Wildman–Crippen MR) is 102 cm³/mol. The monoisotopic (exact) mass is 377 g/mol. The molecule has 0 aromatic carbocycles. The van der Waals surface area contributed by atoms with Crippen molar-refractivity contribution in [3.05, 3.63) is 23.8 Å². The largest absolute Gasteiger partial charge is 0.379 e. The summed E-state index contributed by atoms with van der Waals surface area (Å²) >= 11 is 0. The smallest absolute Gasteiger partial charge is 0.274 e. The lowest BCUT2D eigenvalue weighted by Gasteiger charge is -2.30. The zero-order chi connectivity index (χ0) is 19.6. The highest BCUT2D eigenvalue weighted by molar-refractivity contribution is 5.92. The SMILES string of the molecule is CCC(C)NC(=O)CCN(CCN1CCOCC1)C(=O)c1cnc(C)cn1. The summed E-state index contributed by atoms with van der Waals surface area (Å²) in [5.74, 6) is -0.226. The third-order valence-corrected chi connectivity index (χ3v) is 4.71. The van der Waals surface area contributed by atoms with Gasteiger partial charge in [0.1, 0.15) is 5.69 Å². The minimum Gasteiger partial charge on any atom is -0.379 e. The third-order valence-electron chi connectivity index (χ3n) is 4.71. The summed E-state index contributed by atoms with van der Waals surface area (Å²) in [5, 5.41) is 2.94. The number of nitrogens with zero attached hydrogens (tertiary/aromatic N) is 4. The van der Waals surface area contributed by atoms with E-state index < -0.39 is 0 Å². The molecule has 1 atom stereocenters. The Morgan fingerprint density at radius 3 is 2.63 bits per heavy atom. The molecule has 1 saturated heterocycles. The molecule has 27 heavy (non-hydrogen) atoms. The molecule has 0 aliphatic carbocycles. The number of carbonyl (C=O) groups excluding carboxylic acids is 2. The summed E-state index contributed by atoms with van der Waals surface area (Å²) in [6.45, 7) is 10.6. The molecule has 0 bridgehead atoms. The summed E-state index contributed by atoms with van der Waals surface area (Å²) in [4.78, 5) is 37.3. The quantitative estimate of drug-likeness (QED) is 0.687. The second-order valence-electron chi connectivity index (χ2n) is 6.92. The average molecular weight is 377 g/mol. The van der Waals surface area contributed by atoms with Gasteiger partial charge in [0.2, 0.25) is 5.91 Å². The van der Waals surface area contributed by atoms with Gasteiger partial charge < -0.3 is 15.0 Å². The van der Waals surface area contributed by atoms with Gasteiger partial charge in [0.05, 0.1) is 25.1 Å². The number of hydrogen-bond donors (Lipinski definition) is 1. The molecule has 1 aromatic rings. The van der Waals surface area contributed by atoms with Crippen molar-refractivity contribution in [3.63, 3.8) is 0 Å². The molecule has 150 valence electrons. The molecule has 1 N–H and O–H groups in total. The summed E-state index contributed by atoms with van der Waals surface area (Å²) < 4.78 is 5.37. The van der Waals surface area contributed by atoms with E-state index in [4.69, 9.17) is 4.74 Å². The minimum absolute atomic E-state index is 0.0384. The average Bonchev–Trinajstić information content (AvgIpc) is 2.68. The van der Waals surface area contributed by atoms with Crippen LogP contribution in [0.4, 0.5) is 0 Å². The van der Waals surface area contributed by atoms with Gasteiger partial charge in [-0.2, -0.15) is 0 Å². The van der Waals surface area contributed by atoms with Crippen LogP contribution in [0.25, 0.3) is 0 Å². The van der Waals surface area contributed by atoms with E-state index in [1.165, 1.54) is 6.20 Å². The standard InChI is InChI=1S/C19H31N5O3/c1-4-15(2)22-18(25)5-6-24(8-7-23-9-11-27-12-10-23)19(26)17-14-20-16(3)13-21-17/h13-15H,4-12H2,1-3H3,(H,22,25). The Morgan fingerprint density at radius 2 is 2.00 bits per heavy atom. The van der Waals surface area contributed by atoms with Crippen molar-refractivity contribution in [3.8, 4) is 0 Å². The van der Waals surface area contributed by atoms with Gasteiger partial charge in [-0.15, -0.1) is 0 Å². The van der Waals surface area contributed by atoms with Gasteiger partial charge in [-0.25, -0.2) is 4.98 Å². The highest BCUT2D eigenvalue weighted by Crippen LogP contribution is 2.05. The van der Waals surface area contributed by atoms with Crippen molar-refractivity contribution < 1.29 is 14.3 Å². The van der Waals surface area contributed by atoms with Crippen LogP contribution in [0.2, 0.25) is 0 Å². The van der Waals surface area contributed by atoms with Gasteiger partial charge in [0, 0.05) is 51.4 Å². The Labute approximate surface area is 161 Å². The molecule has 0 radical (unpaired) electrons. The Hall–Kier alpha value is -2.06. The van der Waals surface area contributed by atoms with Crippen LogP contribution in [-0.4, -0.2) is 83.6 Å². The zero-order valence-electron chi connectivity index (χ0n) is 16.6. The first-order valence-electron chi connectivity index (χ1n) is 9.67. The molecule has 8 heteroatoms. The van der Waals surface area contributed by atoms with Gasteiger partial charge in [-0.05, 0) is 20.3 Å². The highest BCUT2D eigenvalue weighted by atomic mass is 16.5. The fourth-order valence-electron chi connectivity index (χ4n) is 2.75. The van der Waals surface area contributed by atoms with Crippen molar-refractivity contribution in [1.82, 2.24) is 25.1 Å². The first-order valence-corrected chi connectivity index (χ1v) is 9.67. The van der Waals surface area contributed by atoms with Crippen LogP contribution in [0.1, 0.15) is 42.9 Å². The van der Waals surface area contributed by atoms with E-state index in [-0.39, 0.29) is 24.3 Å². The number of aryl methyl sites for hydroxylation is 1. The van der Waals surface area contributed by atoms with Crippen LogP contribution in [0.3, 0.4) is 0 Å². The lowest BCUT2D eigenvalue weighted by molar-refractivity contribution is -0.121. The first-order chi connectivity index (χ1) is 13.0. The Bertz CT molecular complexity index is 602. The van der Waals surface area contributed by atoms with Crippen molar-refractivity contribution >= 4 is 11.8 Å². The van der Waals surface area contributed by atoms with Crippen LogP contribution in [0.5, 0.6) is 0 Å². The number of morpholine rings is 1. The number of carbonyl (C=O) groups is 2. The molecule has 1 unspecified atom stereocenters. The Kier molecular flexibility index (Phi) is 8.60. The number of amides is 2. The van der Waals surface area contributed by atoms with Gasteiger partial charge in [0.15, 0.2) is 0 Å². The van der Waals surface area contributed by atoms with E-state index in [1.54, 1.807) is 11.1 Å². The van der Waals surface area contributed by atoms with Gasteiger partial charge in [0.25, 0.3) is 5.91 Å². The molecular weight excluding hydrogens is 346 g/mol. The molecule has 1 aromatic heterocycles. The van der Waals surface area contributed by atoms with Crippen molar-refractivity contribution in [2.45, 2.75) is 39.7 Å². The van der Waals surface area contributed by atoms with Crippen LogP contribution < -0.4 is 5.32 Å². The second kappa shape index (κ2) is 10.9. The summed E-state index contributed by atoms with van der Waals surface area (Å²) in [6, 6.07) is 0.137. The molecule has 8 nitrogen and oxygen atoms in total. The number of hydrogen-bond acceptors (Lipinski definition) is 6. The highest BCUT2D eigenvalue weighted by Gasteiger charge is 2.20. The maximum absolute atomic E-state index is 12.9. The molecular formula is C19H31N5O3. The molecule has 2 amide bonds. The number of nitrogens with one attached hydrogen (secondary N) is 1. The fourth-order valence-corrected chi connectivity index (χ4v) is 2.75. The predicted octanol–water partition coefficient (Wildman–Crippen LogP) is 0.864. The van der Waals surface area contributed by atoms with Crippen molar-refractivity contribution in [1.29, 1.82) is 0 Å². The fraction of sp³-hybridized carbons (Fsp3) is 0.684. The molecule has 1 aliphatic rings. The number of aromatic nitrogens is 2. The van der Waals surface area contributed by atoms with Gasteiger partial charge in [-0.1, -0.05) is 6.92 Å². The first kappa shape index (κ1) is 21.2. The molecule has 2 heterocycles. The van der Waals surface area contributed by atoms with Crippen molar-refractivity contribution in [2.75, 3.05) is 45.9 Å². The van der Waals surface area contributed by atoms with E-state index in [0.717, 1.165) is 31.7 Å².